The van der Waals surface area contributed by atoms with Gasteiger partial charge in [-0.25, -0.2) is 28.1 Å². The Morgan fingerprint density at radius 3 is 2.29 bits per heavy atom. The summed E-state index contributed by atoms with van der Waals surface area (Å²) in [7, 11) is 0. The van der Waals surface area contributed by atoms with Gasteiger partial charge in [0.15, 0.2) is 5.13 Å². The van der Waals surface area contributed by atoms with E-state index >= 15 is 0 Å². The number of halogens is 2. The largest absolute Gasteiger partial charge is 0.462 e. The predicted molar refractivity (Wildman–Crippen MR) is 139 cm³/mol. The van der Waals surface area contributed by atoms with Gasteiger partial charge in [-0.05, 0) is 26.7 Å². The number of carbonyl (C=O) groups excluding carboxylic acids is 5. The van der Waals surface area contributed by atoms with E-state index in [0.717, 1.165) is 11.3 Å². The van der Waals surface area contributed by atoms with Crippen LogP contribution in [-0.4, -0.2) is 69.3 Å². The highest BCUT2D eigenvalue weighted by Crippen LogP contribution is 2.41. The first-order valence-corrected chi connectivity index (χ1v) is 13.7. The number of amides is 3. The fourth-order valence-electron chi connectivity index (χ4n) is 3.66. The summed E-state index contributed by atoms with van der Waals surface area (Å²) in [4.78, 5) is 76.8. The van der Waals surface area contributed by atoms with E-state index in [-0.39, 0.29) is 41.3 Å². The molecule has 1 aliphatic heterocycles. The van der Waals surface area contributed by atoms with Gasteiger partial charge >= 0.3 is 18.0 Å². The van der Waals surface area contributed by atoms with Crippen molar-refractivity contribution in [1.29, 1.82) is 0 Å². The van der Waals surface area contributed by atoms with Crippen molar-refractivity contribution in [3.8, 4) is 0 Å². The minimum Gasteiger partial charge on any atom is -0.462 e. The molecule has 0 atom stereocenters. The number of rotatable bonds is 9. The summed E-state index contributed by atoms with van der Waals surface area (Å²) >= 11 is 0.866. The number of ether oxygens (including phenoxy) is 2. The van der Waals surface area contributed by atoms with E-state index in [1.807, 2.05) is 0 Å². The lowest BCUT2D eigenvalue weighted by molar-refractivity contribution is -0.193. The average molecular weight is 603 g/mol. The molecule has 2 fully saturated rings. The van der Waals surface area contributed by atoms with Crippen molar-refractivity contribution < 1.29 is 51.9 Å². The van der Waals surface area contributed by atoms with Crippen molar-refractivity contribution in [3.63, 3.8) is 0 Å². The molecule has 1 aromatic rings. The number of imide groups is 1. The number of carbonyl (C=O) groups is 5. The SMILES string of the molecule is CC(C)COC(=O)C1(O/N=C(\C(=O)ON2C(=O)CCC2=O)c2csc(NC(=O)OC(C)(C)C)n2)CCC(F)(F)CC1. The number of hydroxylamine groups is 2. The topological polar surface area (TPSA) is 163 Å². The monoisotopic (exact) mass is 602 g/mol. The van der Waals surface area contributed by atoms with Gasteiger partial charge in [0.1, 0.15) is 11.3 Å². The number of anilines is 1. The first-order valence-electron chi connectivity index (χ1n) is 12.9. The number of hydrogen-bond acceptors (Lipinski definition) is 12. The third-order valence-electron chi connectivity index (χ3n) is 5.75. The number of alkyl halides is 2. The molecule has 0 aromatic carbocycles. The van der Waals surface area contributed by atoms with Gasteiger partial charge in [-0.3, -0.25) is 14.9 Å². The van der Waals surface area contributed by atoms with Gasteiger partial charge in [0.05, 0.1) is 6.61 Å². The maximum absolute atomic E-state index is 14.0. The molecular formula is C25H32F2N4O9S. The number of esters is 1. The van der Waals surface area contributed by atoms with Gasteiger partial charge in [0.2, 0.25) is 17.2 Å². The molecule has 0 unspecified atom stereocenters. The lowest BCUT2D eigenvalue weighted by Gasteiger charge is -2.35. The van der Waals surface area contributed by atoms with Crippen LogP contribution in [0.15, 0.2) is 10.5 Å². The zero-order chi connectivity index (χ0) is 30.6. The summed E-state index contributed by atoms with van der Waals surface area (Å²) in [5, 5.41) is 7.70. The highest BCUT2D eigenvalue weighted by molar-refractivity contribution is 7.14. The van der Waals surface area contributed by atoms with Crippen molar-refractivity contribution >= 4 is 52.0 Å². The molecular weight excluding hydrogens is 570 g/mol. The van der Waals surface area contributed by atoms with Crippen molar-refractivity contribution in [1.82, 2.24) is 10.0 Å². The first kappa shape index (κ1) is 31.8. The second-order valence-electron chi connectivity index (χ2n) is 11.0. The number of hydrogen-bond donors (Lipinski definition) is 1. The molecule has 16 heteroatoms. The number of aromatic nitrogens is 1. The van der Waals surface area contributed by atoms with E-state index < -0.39 is 78.4 Å². The summed E-state index contributed by atoms with van der Waals surface area (Å²) < 4.78 is 38.4. The van der Waals surface area contributed by atoms with Crippen LogP contribution in [0.25, 0.3) is 0 Å². The molecule has 1 saturated carbocycles. The zero-order valence-corrected chi connectivity index (χ0v) is 24.1. The number of nitrogens with one attached hydrogen (secondary N) is 1. The standard InChI is InChI=1S/C25H32F2N4O9S/c1-14(2)12-37-20(35)24(8-10-25(26,27)11-9-24)40-30-18(19(34)39-31-16(32)6-7-17(31)33)15-13-41-21(28-15)29-22(36)38-23(3,4)5/h13-14H,6-12H2,1-5H3,(H,28,29,36)/b30-18-. The third-order valence-corrected chi connectivity index (χ3v) is 6.51. The molecule has 1 aliphatic carbocycles. The van der Waals surface area contributed by atoms with Crippen LogP contribution in [-0.2, 0) is 38.3 Å². The number of oxime groups is 1. The van der Waals surface area contributed by atoms with Crippen molar-refractivity contribution in [2.24, 2.45) is 11.1 Å². The second-order valence-corrected chi connectivity index (χ2v) is 11.9. The summed E-state index contributed by atoms with van der Waals surface area (Å²) in [5.41, 5.74) is -3.68. The van der Waals surface area contributed by atoms with E-state index in [0.29, 0.717) is 0 Å². The molecule has 3 rings (SSSR count). The summed E-state index contributed by atoms with van der Waals surface area (Å²) in [5.74, 6) is -6.92. The van der Waals surface area contributed by atoms with Gasteiger partial charge in [-0.15, -0.1) is 16.4 Å². The molecule has 1 saturated heterocycles. The van der Waals surface area contributed by atoms with Crippen LogP contribution in [0.4, 0.5) is 18.7 Å². The Balaban J connectivity index is 1.93. The van der Waals surface area contributed by atoms with Crippen LogP contribution < -0.4 is 5.32 Å². The van der Waals surface area contributed by atoms with Crippen LogP contribution in [0.2, 0.25) is 0 Å². The highest BCUT2D eigenvalue weighted by atomic mass is 32.1. The fraction of sp³-hybridized carbons (Fsp3) is 0.640. The highest BCUT2D eigenvalue weighted by Gasteiger charge is 2.52. The lowest BCUT2D eigenvalue weighted by atomic mass is 9.82. The van der Waals surface area contributed by atoms with E-state index in [9.17, 15) is 32.8 Å². The molecule has 1 aromatic heterocycles. The van der Waals surface area contributed by atoms with Crippen LogP contribution in [0.1, 0.15) is 78.8 Å². The quantitative estimate of drug-likeness (QED) is 0.189. The Morgan fingerprint density at radius 1 is 1.12 bits per heavy atom. The first-order chi connectivity index (χ1) is 19.0. The minimum absolute atomic E-state index is 0.0100. The Hall–Kier alpha value is -3.69. The van der Waals surface area contributed by atoms with E-state index in [1.165, 1.54) is 5.38 Å². The van der Waals surface area contributed by atoms with Gasteiger partial charge < -0.3 is 19.1 Å². The number of nitrogens with zero attached hydrogens (tertiary/aromatic N) is 3. The molecule has 226 valence electrons. The van der Waals surface area contributed by atoms with Gasteiger partial charge in [0, 0.05) is 43.9 Å². The summed E-state index contributed by atoms with van der Waals surface area (Å²) in [6.45, 7) is 8.53. The van der Waals surface area contributed by atoms with E-state index in [1.54, 1.807) is 34.6 Å². The van der Waals surface area contributed by atoms with Crippen molar-refractivity contribution in [2.75, 3.05) is 11.9 Å². The fourth-order valence-corrected chi connectivity index (χ4v) is 4.34. The Bertz CT molecular complexity index is 1200. The van der Waals surface area contributed by atoms with Crippen LogP contribution >= 0.6 is 11.3 Å². The van der Waals surface area contributed by atoms with Crippen LogP contribution in [0, 0.1) is 5.92 Å². The Kier molecular flexibility index (Phi) is 9.66. The maximum atomic E-state index is 14.0. The summed E-state index contributed by atoms with van der Waals surface area (Å²) in [6.07, 6.45) is -3.50. The molecule has 0 bridgehead atoms. The van der Waals surface area contributed by atoms with E-state index in [2.05, 4.69) is 15.5 Å². The van der Waals surface area contributed by atoms with Gasteiger partial charge in [0.25, 0.3) is 11.8 Å². The second kappa shape index (κ2) is 12.4. The van der Waals surface area contributed by atoms with Crippen LogP contribution in [0.5, 0.6) is 0 Å². The Labute approximate surface area is 238 Å². The normalized spacial score (nSPS) is 18.7. The maximum Gasteiger partial charge on any atom is 0.413 e. The zero-order valence-electron chi connectivity index (χ0n) is 23.3. The van der Waals surface area contributed by atoms with Crippen molar-refractivity contribution in [2.45, 2.75) is 90.3 Å². The van der Waals surface area contributed by atoms with Crippen molar-refractivity contribution in [3.05, 3.63) is 11.1 Å². The molecule has 0 radical (unpaired) electrons. The summed E-state index contributed by atoms with van der Waals surface area (Å²) in [6, 6.07) is 0. The van der Waals surface area contributed by atoms with Gasteiger partial charge in [-0.2, -0.15) is 0 Å². The smallest absolute Gasteiger partial charge is 0.413 e. The van der Waals surface area contributed by atoms with Crippen LogP contribution in [0.3, 0.4) is 0 Å². The molecule has 13 nitrogen and oxygen atoms in total. The van der Waals surface area contributed by atoms with E-state index in [4.69, 9.17) is 19.1 Å². The number of thiazole rings is 1. The minimum atomic E-state index is -3.04. The average Bonchev–Trinajstić information content (AvgIpc) is 3.44. The molecule has 2 heterocycles. The van der Waals surface area contributed by atoms with Gasteiger partial charge in [-0.1, -0.05) is 19.0 Å². The molecule has 41 heavy (non-hydrogen) atoms. The molecule has 0 spiro atoms. The molecule has 1 N–H and O–H groups in total. The molecule has 3 amide bonds. The lowest BCUT2D eigenvalue weighted by Crippen LogP contribution is -2.48. The Morgan fingerprint density at radius 2 is 1.73 bits per heavy atom. The molecule has 2 aliphatic rings. The predicted octanol–water partition coefficient (Wildman–Crippen LogP) is 3.97. The third kappa shape index (κ3) is 8.65.